The first-order chi connectivity index (χ1) is 11.1. The van der Waals surface area contributed by atoms with Crippen LogP contribution in [0.3, 0.4) is 0 Å². The van der Waals surface area contributed by atoms with Crippen LogP contribution in [0.4, 0.5) is 10.5 Å². The van der Waals surface area contributed by atoms with E-state index in [1.54, 1.807) is 17.0 Å². The highest BCUT2D eigenvalue weighted by molar-refractivity contribution is 6.30. The lowest BCUT2D eigenvalue weighted by molar-refractivity contribution is -0.117. The van der Waals surface area contributed by atoms with E-state index in [0.29, 0.717) is 18.0 Å². The molecule has 3 amide bonds. The second kappa shape index (κ2) is 7.21. The molecule has 0 spiro atoms. The number of urea groups is 1. The van der Waals surface area contributed by atoms with Crippen LogP contribution in [0.15, 0.2) is 24.3 Å². The van der Waals surface area contributed by atoms with Gasteiger partial charge in [-0.1, -0.05) is 24.4 Å². The number of carbonyl (C=O) groups excluding carboxylic acids is 2. The van der Waals surface area contributed by atoms with E-state index >= 15 is 0 Å². The Bertz CT molecular complexity index is 568. The molecule has 6 heteroatoms. The van der Waals surface area contributed by atoms with Crippen molar-refractivity contribution in [3.63, 3.8) is 0 Å². The summed E-state index contributed by atoms with van der Waals surface area (Å²) >= 11 is 5.89. The van der Waals surface area contributed by atoms with Crippen LogP contribution in [0.1, 0.15) is 32.1 Å². The fourth-order valence-corrected chi connectivity index (χ4v) is 3.34. The molecule has 2 aliphatic rings. The fraction of sp³-hybridized carbons (Fsp3) is 0.529. The van der Waals surface area contributed by atoms with E-state index < -0.39 is 0 Å². The average Bonchev–Trinajstić information content (AvgIpc) is 2.76. The topological polar surface area (TPSA) is 52.7 Å². The number of anilines is 1. The molecule has 124 valence electrons. The first-order valence-corrected chi connectivity index (χ1v) is 8.62. The molecule has 5 nitrogen and oxygen atoms in total. The smallest absolute Gasteiger partial charge is 0.317 e. The zero-order chi connectivity index (χ0) is 16.2. The van der Waals surface area contributed by atoms with Crippen molar-refractivity contribution >= 4 is 29.2 Å². The maximum atomic E-state index is 12.4. The number of halogens is 1. The molecule has 2 fully saturated rings. The third-order valence-electron chi connectivity index (χ3n) is 4.48. The van der Waals surface area contributed by atoms with E-state index in [9.17, 15) is 9.59 Å². The summed E-state index contributed by atoms with van der Waals surface area (Å²) in [7, 11) is 0. The number of carbonyl (C=O) groups is 2. The summed E-state index contributed by atoms with van der Waals surface area (Å²) in [5.41, 5.74) is 0.825. The third-order valence-corrected chi connectivity index (χ3v) is 4.74. The predicted octanol–water partition coefficient (Wildman–Crippen LogP) is 3.03. The summed E-state index contributed by atoms with van der Waals surface area (Å²) in [5.74, 6) is 0.0356. The van der Waals surface area contributed by atoms with E-state index in [1.807, 2.05) is 17.0 Å². The van der Waals surface area contributed by atoms with Gasteiger partial charge in [-0.3, -0.25) is 4.79 Å². The first kappa shape index (κ1) is 16.1. The molecule has 1 aromatic carbocycles. The van der Waals surface area contributed by atoms with Gasteiger partial charge >= 0.3 is 6.03 Å². The van der Waals surface area contributed by atoms with Crippen molar-refractivity contribution in [2.75, 3.05) is 24.5 Å². The lowest BCUT2D eigenvalue weighted by atomic mass is 10.2. The summed E-state index contributed by atoms with van der Waals surface area (Å²) in [4.78, 5) is 28.2. The number of nitrogens with zero attached hydrogens (tertiary/aromatic N) is 2. The summed E-state index contributed by atoms with van der Waals surface area (Å²) < 4.78 is 0. The molecule has 0 radical (unpaired) electrons. The minimum atomic E-state index is -0.131. The zero-order valence-corrected chi connectivity index (χ0v) is 13.9. The van der Waals surface area contributed by atoms with Crippen LogP contribution >= 0.6 is 11.6 Å². The molecule has 2 aliphatic heterocycles. The van der Waals surface area contributed by atoms with Gasteiger partial charge in [0.15, 0.2) is 0 Å². The monoisotopic (exact) mass is 335 g/mol. The predicted molar refractivity (Wildman–Crippen MR) is 90.8 cm³/mol. The highest BCUT2D eigenvalue weighted by Crippen LogP contribution is 2.23. The minimum Gasteiger partial charge on any atom is -0.333 e. The third kappa shape index (κ3) is 3.96. The number of likely N-dealkylation sites (tertiary alicyclic amines) is 1. The van der Waals surface area contributed by atoms with Gasteiger partial charge in [0.2, 0.25) is 5.91 Å². The Kier molecular flexibility index (Phi) is 5.06. The molecular formula is C17H22ClN3O2. The van der Waals surface area contributed by atoms with E-state index in [4.69, 9.17) is 11.6 Å². The standard InChI is InChI=1S/C17H22ClN3O2/c18-13-5-7-15(8-6-13)21-12-14(11-16(21)22)19-17(23)20-9-3-1-2-4-10-20/h5-8,14H,1-4,9-12H2,(H,19,23)/t14-/m0/s1. The van der Waals surface area contributed by atoms with E-state index in [-0.39, 0.29) is 18.0 Å². The van der Waals surface area contributed by atoms with E-state index in [0.717, 1.165) is 31.6 Å². The van der Waals surface area contributed by atoms with Gasteiger partial charge in [0.25, 0.3) is 0 Å². The van der Waals surface area contributed by atoms with Gasteiger partial charge in [0, 0.05) is 36.8 Å². The summed E-state index contributed by atoms with van der Waals surface area (Å²) in [6, 6.07) is 7.04. The van der Waals surface area contributed by atoms with Gasteiger partial charge in [-0.25, -0.2) is 4.79 Å². The first-order valence-electron chi connectivity index (χ1n) is 8.25. The lowest BCUT2D eigenvalue weighted by Gasteiger charge is -2.23. The molecule has 0 bridgehead atoms. The number of amides is 3. The molecule has 0 aromatic heterocycles. The van der Waals surface area contributed by atoms with E-state index in [2.05, 4.69) is 5.32 Å². The van der Waals surface area contributed by atoms with Crippen LogP contribution in [-0.4, -0.2) is 42.5 Å². The Morgan fingerprint density at radius 1 is 1.09 bits per heavy atom. The summed E-state index contributed by atoms with van der Waals surface area (Å²) in [5, 5.41) is 3.66. The number of rotatable bonds is 2. The van der Waals surface area contributed by atoms with Gasteiger partial charge in [-0.2, -0.15) is 0 Å². The molecule has 23 heavy (non-hydrogen) atoms. The second-order valence-corrected chi connectivity index (χ2v) is 6.67. The molecule has 0 aliphatic carbocycles. The number of hydrogen-bond donors (Lipinski definition) is 1. The molecular weight excluding hydrogens is 314 g/mol. The zero-order valence-electron chi connectivity index (χ0n) is 13.1. The van der Waals surface area contributed by atoms with Crippen molar-refractivity contribution in [3.05, 3.63) is 29.3 Å². The number of nitrogens with one attached hydrogen (secondary N) is 1. The Labute approximate surface area is 141 Å². The van der Waals surface area contributed by atoms with Gasteiger partial charge in [-0.05, 0) is 37.1 Å². The van der Waals surface area contributed by atoms with Crippen LogP contribution < -0.4 is 10.2 Å². The Hall–Kier alpha value is -1.75. The summed E-state index contributed by atoms with van der Waals surface area (Å²) in [6.07, 6.45) is 4.86. The molecule has 2 heterocycles. The Balaban J connectivity index is 1.58. The highest BCUT2D eigenvalue weighted by atomic mass is 35.5. The summed E-state index contributed by atoms with van der Waals surface area (Å²) in [6.45, 7) is 2.14. The number of benzene rings is 1. The number of hydrogen-bond acceptors (Lipinski definition) is 2. The molecule has 1 atom stereocenters. The van der Waals surface area contributed by atoms with Crippen molar-refractivity contribution in [1.29, 1.82) is 0 Å². The normalized spacial score (nSPS) is 22.1. The average molecular weight is 336 g/mol. The van der Waals surface area contributed by atoms with Gasteiger partial charge < -0.3 is 15.1 Å². The van der Waals surface area contributed by atoms with Crippen molar-refractivity contribution in [3.8, 4) is 0 Å². The van der Waals surface area contributed by atoms with Gasteiger partial charge in [0.05, 0.1) is 6.04 Å². The molecule has 3 rings (SSSR count). The Morgan fingerprint density at radius 3 is 2.39 bits per heavy atom. The van der Waals surface area contributed by atoms with Crippen molar-refractivity contribution < 1.29 is 9.59 Å². The van der Waals surface area contributed by atoms with Crippen molar-refractivity contribution in [2.24, 2.45) is 0 Å². The van der Waals surface area contributed by atoms with Crippen molar-refractivity contribution in [2.45, 2.75) is 38.1 Å². The van der Waals surface area contributed by atoms with Gasteiger partial charge in [-0.15, -0.1) is 0 Å². The lowest BCUT2D eigenvalue weighted by Crippen LogP contribution is -2.46. The largest absolute Gasteiger partial charge is 0.333 e. The molecule has 2 saturated heterocycles. The SMILES string of the molecule is O=C(N[C@H]1CC(=O)N(c2ccc(Cl)cc2)C1)N1CCCCCC1. The fourth-order valence-electron chi connectivity index (χ4n) is 3.21. The quantitative estimate of drug-likeness (QED) is 0.903. The van der Waals surface area contributed by atoms with Crippen LogP contribution in [0.2, 0.25) is 5.02 Å². The van der Waals surface area contributed by atoms with Gasteiger partial charge in [0.1, 0.15) is 0 Å². The maximum absolute atomic E-state index is 12.4. The minimum absolute atomic E-state index is 0.0356. The molecule has 1 aromatic rings. The highest BCUT2D eigenvalue weighted by Gasteiger charge is 2.32. The van der Waals surface area contributed by atoms with Crippen LogP contribution in [0, 0.1) is 0 Å². The Morgan fingerprint density at radius 2 is 1.74 bits per heavy atom. The molecule has 1 N–H and O–H groups in total. The molecule has 0 unspecified atom stereocenters. The van der Waals surface area contributed by atoms with E-state index in [1.165, 1.54) is 12.8 Å². The maximum Gasteiger partial charge on any atom is 0.317 e. The van der Waals surface area contributed by atoms with Crippen LogP contribution in [-0.2, 0) is 4.79 Å². The van der Waals surface area contributed by atoms with Crippen molar-refractivity contribution in [1.82, 2.24) is 10.2 Å². The van der Waals surface area contributed by atoms with Crippen LogP contribution in [0.25, 0.3) is 0 Å². The molecule has 0 saturated carbocycles. The van der Waals surface area contributed by atoms with Crippen LogP contribution in [0.5, 0.6) is 0 Å². The second-order valence-electron chi connectivity index (χ2n) is 6.23.